The van der Waals surface area contributed by atoms with E-state index in [-0.39, 0.29) is 0 Å². The molecule has 6 N–H and O–H groups in total. The number of ether oxygens (including phenoxy) is 1. The maximum Gasteiger partial charge on any atom is 0.330 e. The first kappa shape index (κ1) is 17.3. The number of carbonyl (C=O) groups excluding carboxylic acids is 2. The molecular formula is C15H23N3O3. The fourth-order valence-electron chi connectivity index (χ4n) is 1.83. The lowest BCUT2D eigenvalue weighted by Crippen LogP contribution is -2.40. The molecule has 0 aromatic heterocycles. The van der Waals surface area contributed by atoms with E-state index in [1.807, 2.05) is 30.3 Å². The second kappa shape index (κ2) is 9.23. The van der Waals surface area contributed by atoms with Crippen LogP contribution < -0.4 is 17.2 Å². The quantitative estimate of drug-likeness (QED) is 0.354. The van der Waals surface area contributed by atoms with Gasteiger partial charge in [0, 0.05) is 0 Å². The number of rotatable bonds is 8. The number of unbranched alkanes of at least 4 members (excludes halogenated alkanes) is 1. The van der Waals surface area contributed by atoms with Gasteiger partial charge in [-0.15, -0.1) is 0 Å². The highest BCUT2D eigenvalue weighted by molar-refractivity contribution is 5.90. The molecule has 0 aliphatic carbocycles. The highest BCUT2D eigenvalue weighted by Gasteiger charge is 2.23. The van der Waals surface area contributed by atoms with Gasteiger partial charge in [0.05, 0.1) is 0 Å². The van der Waals surface area contributed by atoms with Crippen LogP contribution >= 0.6 is 0 Å². The summed E-state index contributed by atoms with van der Waals surface area (Å²) in [7, 11) is 0. The first-order valence-electron chi connectivity index (χ1n) is 7.05. The molecule has 1 rings (SSSR count). The van der Waals surface area contributed by atoms with Crippen molar-refractivity contribution < 1.29 is 14.3 Å². The van der Waals surface area contributed by atoms with E-state index in [2.05, 4.69) is 0 Å². The summed E-state index contributed by atoms with van der Waals surface area (Å²) in [6.07, 6.45) is 2.26. The molecule has 0 amide bonds. The van der Waals surface area contributed by atoms with Crippen LogP contribution in [0.2, 0.25) is 0 Å². The Kier molecular flexibility index (Phi) is 7.60. The summed E-state index contributed by atoms with van der Waals surface area (Å²) < 4.78 is 4.72. The van der Waals surface area contributed by atoms with E-state index in [4.69, 9.17) is 21.9 Å². The van der Waals surface area contributed by atoms with Gasteiger partial charge in [-0.05, 0) is 31.4 Å². The molecule has 0 radical (unpaired) electrons. The number of nitrogens with two attached hydrogens (primary N) is 3. The molecule has 6 nitrogen and oxygen atoms in total. The Morgan fingerprint density at radius 1 is 1.00 bits per heavy atom. The minimum atomic E-state index is -0.882. The molecule has 0 aliphatic heterocycles. The summed E-state index contributed by atoms with van der Waals surface area (Å²) in [5.41, 5.74) is 17.6. The zero-order valence-corrected chi connectivity index (χ0v) is 12.0. The zero-order chi connectivity index (χ0) is 15.7. The Bertz CT molecular complexity index is 451. The molecule has 0 saturated heterocycles. The summed E-state index contributed by atoms with van der Waals surface area (Å²) in [5, 5.41) is 0. The van der Waals surface area contributed by atoms with Crippen molar-refractivity contribution in [3.05, 3.63) is 35.9 Å². The lowest BCUT2D eigenvalue weighted by Gasteiger charge is -2.13. The molecule has 0 fully saturated rings. The molecule has 116 valence electrons. The maximum atomic E-state index is 11.7. The van der Waals surface area contributed by atoms with Crippen LogP contribution in [0.1, 0.15) is 24.8 Å². The first-order valence-corrected chi connectivity index (χ1v) is 7.05. The van der Waals surface area contributed by atoms with Gasteiger partial charge in [0.2, 0.25) is 0 Å². The summed E-state index contributed by atoms with van der Waals surface area (Å²) in [6, 6.07) is 7.59. The molecule has 21 heavy (non-hydrogen) atoms. The van der Waals surface area contributed by atoms with E-state index in [1.165, 1.54) is 0 Å². The third-order valence-corrected chi connectivity index (χ3v) is 3.07. The standard InChI is InChI=1S/C15H23N3O3/c16-9-5-4-8-12(17)14(19)21-15(20)13(18)10-11-6-2-1-3-7-11/h1-3,6-7,12-13H,4-5,8-10,16-18H2/t12-,13-/m1/s1. The Balaban J connectivity index is 2.39. The van der Waals surface area contributed by atoms with Crippen LogP contribution in [0.5, 0.6) is 0 Å². The Morgan fingerprint density at radius 3 is 2.24 bits per heavy atom. The second-order valence-electron chi connectivity index (χ2n) is 4.93. The largest absolute Gasteiger partial charge is 0.391 e. The lowest BCUT2D eigenvalue weighted by molar-refractivity contribution is -0.161. The fraction of sp³-hybridized carbons (Fsp3) is 0.467. The van der Waals surface area contributed by atoms with Crippen LogP contribution in [0.15, 0.2) is 30.3 Å². The predicted molar refractivity (Wildman–Crippen MR) is 80.1 cm³/mol. The van der Waals surface area contributed by atoms with Gasteiger partial charge >= 0.3 is 11.9 Å². The topological polar surface area (TPSA) is 121 Å². The van der Waals surface area contributed by atoms with Crippen molar-refractivity contribution in [2.24, 2.45) is 17.2 Å². The van der Waals surface area contributed by atoms with E-state index in [0.717, 1.165) is 18.4 Å². The van der Waals surface area contributed by atoms with Crippen LogP contribution in [-0.4, -0.2) is 30.6 Å². The Morgan fingerprint density at radius 2 is 1.62 bits per heavy atom. The van der Waals surface area contributed by atoms with Crippen LogP contribution in [0.25, 0.3) is 0 Å². The van der Waals surface area contributed by atoms with Crippen LogP contribution in [0.3, 0.4) is 0 Å². The van der Waals surface area contributed by atoms with Crippen LogP contribution in [0, 0.1) is 0 Å². The number of hydrogen-bond acceptors (Lipinski definition) is 6. The molecule has 1 aromatic carbocycles. The van der Waals surface area contributed by atoms with Crippen molar-refractivity contribution >= 4 is 11.9 Å². The van der Waals surface area contributed by atoms with Crippen molar-refractivity contribution in [2.75, 3.05) is 6.54 Å². The minimum absolute atomic E-state index is 0.315. The Hall–Kier alpha value is -1.76. The van der Waals surface area contributed by atoms with E-state index < -0.39 is 24.0 Å². The molecule has 2 atom stereocenters. The van der Waals surface area contributed by atoms with Crippen LogP contribution in [0.4, 0.5) is 0 Å². The smallest absolute Gasteiger partial charge is 0.330 e. The second-order valence-corrected chi connectivity index (χ2v) is 4.93. The van der Waals surface area contributed by atoms with Crippen molar-refractivity contribution in [2.45, 2.75) is 37.8 Å². The monoisotopic (exact) mass is 293 g/mol. The van der Waals surface area contributed by atoms with Gasteiger partial charge in [-0.3, -0.25) is 0 Å². The zero-order valence-electron chi connectivity index (χ0n) is 12.0. The molecular weight excluding hydrogens is 270 g/mol. The highest BCUT2D eigenvalue weighted by atomic mass is 16.6. The maximum absolute atomic E-state index is 11.7. The normalized spacial score (nSPS) is 13.5. The van der Waals surface area contributed by atoms with Gasteiger partial charge in [0.1, 0.15) is 12.1 Å². The van der Waals surface area contributed by atoms with Gasteiger partial charge in [0.15, 0.2) is 0 Å². The van der Waals surface area contributed by atoms with Crippen molar-refractivity contribution in [1.82, 2.24) is 0 Å². The van der Waals surface area contributed by atoms with Gasteiger partial charge in [0.25, 0.3) is 0 Å². The SMILES string of the molecule is NCCCC[C@@H](N)C(=O)OC(=O)[C@H](N)Cc1ccccc1. The number of benzene rings is 1. The van der Waals surface area contributed by atoms with E-state index in [0.29, 0.717) is 19.4 Å². The minimum Gasteiger partial charge on any atom is -0.391 e. The number of carbonyl (C=O) groups is 2. The van der Waals surface area contributed by atoms with Crippen molar-refractivity contribution in [1.29, 1.82) is 0 Å². The van der Waals surface area contributed by atoms with Gasteiger partial charge in [-0.1, -0.05) is 36.8 Å². The predicted octanol–water partition coefficient (Wildman–Crippen LogP) is 0.0825. The molecule has 0 spiro atoms. The fourth-order valence-corrected chi connectivity index (χ4v) is 1.83. The third kappa shape index (κ3) is 6.48. The number of esters is 2. The summed E-state index contributed by atoms with van der Waals surface area (Å²) >= 11 is 0. The summed E-state index contributed by atoms with van der Waals surface area (Å²) in [4.78, 5) is 23.4. The molecule has 0 bridgehead atoms. The highest BCUT2D eigenvalue weighted by Crippen LogP contribution is 2.05. The van der Waals surface area contributed by atoms with Crippen LogP contribution in [-0.2, 0) is 20.7 Å². The van der Waals surface area contributed by atoms with Gasteiger partial charge in [-0.25, -0.2) is 9.59 Å². The van der Waals surface area contributed by atoms with Gasteiger partial charge in [-0.2, -0.15) is 0 Å². The summed E-state index contributed by atoms with van der Waals surface area (Å²) in [6.45, 7) is 0.544. The summed E-state index contributed by atoms with van der Waals surface area (Å²) in [5.74, 6) is -1.49. The van der Waals surface area contributed by atoms with Crippen molar-refractivity contribution in [3.8, 4) is 0 Å². The first-order chi connectivity index (χ1) is 10.0. The molecule has 1 aromatic rings. The average molecular weight is 293 g/mol. The number of hydrogen-bond donors (Lipinski definition) is 3. The molecule has 0 unspecified atom stereocenters. The molecule has 0 saturated carbocycles. The van der Waals surface area contributed by atoms with E-state index >= 15 is 0 Å². The Labute approximate surface area is 124 Å². The van der Waals surface area contributed by atoms with E-state index in [9.17, 15) is 9.59 Å². The molecule has 6 heteroatoms. The van der Waals surface area contributed by atoms with E-state index in [1.54, 1.807) is 0 Å². The lowest BCUT2D eigenvalue weighted by atomic mass is 10.1. The van der Waals surface area contributed by atoms with Gasteiger partial charge < -0.3 is 21.9 Å². The van der Waals surface area contributed by atoms with Crippen molar-refractivity contribution in [3.63, 3.8) is 0 Å². The molecule has 0 aliphatic rings. The third-order valence-electron chi connectivity index (χ3n) is 3.07. The average Bonchev–Trinajstić information content (AvgIpc) is 2.48. The molecule has 0 heterocycles.